The van der Waals surface area contributed by atoms with Crippen molar-refractivity contribution in [2.24, 2.45) is 5.92 Å². The van der Waals surface area contributed by atoms with E-state index in [4.69, 9.17) is 4.74 Å². The molecular formula is C21H27F2N5O2S. The number of alkyl halides is 2. The molecule has 0 aromatic carbocycles. The predicted molar refractivity (Wildman–Crippen MR) is 115 cm³/mol. The molecule has 1 amide bonds. The highest BCUT2D eigenvalue weighted by Gasteiger charge is 2.36. The molecule has 1 aliphatic carbocycles. The summed E-state index contributed by atoms with van der Waals surface area (Å²) in [7, 11) is 0. The predicted octanol–water partition coefficient (Wildman–Crippen LogP) is 4.14. The number of rotatable bonds is 6. The minimum absolute atomic E-state index is 0.0431. The molecule has 1 aliphatic heterocycles. The fourth-order valence-corrected chi connectivity index (χ4v) is 4.46. The molecule has 0 spiro atoms. The van der Waals surface area contributed by atoms with E-state index >= 15 is 0 Å². The summed E-state index contributed by atoms with van der Waals surface area (Å²) in [6.07, 6.45) is 0.380. The molecule has 0 bridgehead atoms. The Hall–Kier alpha value is -2.36. The first-order valence-corrected chi connectivity index (χ1v) is 11.5. The number of halogens is 2. The van der Waals surface area contributed by atoms with Crippen LogP contribution in [0.5, 0.6) is 5.88 Å². The Labute approximate surface area is 184 Å². The van der Waals surface area contributed by atoms with E-state index in [9.17, 15) is 13.6 Å². The van der Waals surface area contributed by atoms with Crippen LogP contribution in [0.1, 0.15) is 45.2 Å². The third kappa shape index (κ3) is 5.28. The van der Waals surface area contributed by atoms with Crippen molar-refractivity contribution in [1.29, 1.82) is 0 Å². The van der Waals surface area contributed by atoms with Crippen LogP contribution in [0, 0.1) is 12.8 Å². The largest absolute Gasteiger partial charge is 0.470 e. The van der Waals surface area contributed by atoms with Gasteiger partial charge in [0.05, 0.1) is 13.1 Å². The average molecular weight is 452 g/mol. The highest BCUT2D eigenvalue weighted by molar-refractivity contribution is 7.13. The quantitative estimate of drug-likeness (QED) is 0.711. The highest BCUT2D eigenvalue weighted by Crippen LogP contribution is 2.35. The molecule has 0 radical (unpaired) electrons. The van der Waals surface area contributed by atoms with Crippen LogP contribution in [0.15, 0.2) is 11.4 Å². The number of aryl methyl sites for hydroxylation is 1. The first-order valence-electron chi connectivity index (χ1n) is 10.6. The number of amides is 1. The Balaban J connectivity index is 1.48. The van der Waals surface area contributed by atoms with E-state index in [-0.39, 0.29) is 36.8 Å². The van der Waals surface area contributed by atoms with E-state index < -0.39 is 5.92 Å². The number of nitrogens with zero attached hydrogens (tertiary/aromatic N) is 4. The minimum Gasteiger partial charge on any atom is -0.470 e. The lowest BCUT2D eigenvalue weighted by molar-refractivity contribution is -0.143. The number of nitrogens with one attached hydrogen (secondary N) is 1. The zero-order chi connectivity index (χ0) is 22.2. The number of hydrogen-bond acceptors (Lipinski definition) is 7. The lowest BCUT2D eigenvalue weighted by atomic mass is 9.92. The van der Waals surface area contributed by atoms with Crippen molar-refractivity contribution in [1.82, 2.24) is 19.9 Å². The van der Waals surface area contributed by atoms with Gasteiger partial charge >= 0.3 is 0 Å². The van der Waals surface area contributed by atoms with Crippen molar-refractivity contribution < 1.29 is 18.3 Å². The molecule has 0 atom stereocenters. The summed E-state index contributed by atoms with van der Waals surface area (Å²) in [5, 5.41) is 5.87. The van der Waals surface area contributed by atoms with Crippen molar-refractivity contribution in [2.75, 3.05) is 18.4 Å². The van der Waals surface area contributed by atoms with Gasteiger partial charge < -0.3 is 15.0 Å². The van der Waals surface area contributed by atoms with Crippen LogP contribution in [0.3, 0.4) is 0 Å². The Morgan fingerprint density at radius 3 is 2.58 bits per heavy atom. The van der Waals surface area contributed by atoms with Gasteiger partial charge in [0.1, 0.15) is 11.9 Å². The summed E-state index contributed by atoms with van der Waals surface area (Å²) >= 11 is 1.44. The van der Waals surface area contributed by atoms with Crippen LogP contribution in [-0.2, 0) is 4.79 Å². The van der Waals surface area contributed by atoms with Gasteiger partial charge in [0, 0.05) is 41.9 Å². The van der Waals surface area contributed by atoms with Gasteiger partial charge in [-0.05, 0) is 19.8 Å². The standard InChI is InChI=1S/C21H27F2N5O2S/c1-12(2)20(29)28-9-15(10-28)30-17-8-16(25-14-4-6-21(22,23)7-5-14)26-18(27-17)19-24-13(3)11-31-19/h8,11-12,14-15H,4-7,9-10H2,1-3H3,(H,25,26,27). The molecule has 31 heavy (non-hydrogen) atoms. The van der Waals surface area contributed by atoms with Gasteiger partial charge in [0.15, 0.2) is 10.8 Å². The highest BCUT2D eigenvalue weighted by atomic mass is 32.1. The first kappa shape index (κ1) is 21.9. The smallest absolute Gasteiger partial charge is 0.248 e. The molecule has 2 aromatic heterocycles. The van der Waals surface area contributed by atoms with Crippen molar-refractivity contribution in [3.63, 3.8) is 0 Å². The normalized spacial score (nSPS) is 19.4. The average Bonchev–Trinajstić information content (AvgIpc) is 3.12. The number of carbonyl (C=O) groups excluding carboxylic acids is 1. The van der Waals surface area contributed by atoms with E-state index in [0.29, 0.717) is 48.5 Å². The summed E-state index contributed by atoms with van der Waals surface area (Å²) in [4.78, 5) is 27.4. The number of aromatic nitrogens is 3. The lowest BCUT2D eigenvalue weighted by Gasteiger charge is -2.39. The monoisotopic (exact) mass is 451 g/mol. The summed E-state index contributed by atoms with van der Waals surface area (Å²) in [6, 6.07) is 1.63. The summed E-state index contributed by atoms with van der Waals surface area (Å²) < 4.78 is 33.0. The van der Waals surface area contributed by atoms with Gasteiger partial charge in [0.2, 0.25) is 17.7 Å². The summed E-state index contributed by atoms with van der Waals surface area (Å²) in [5.41, 5.74) is 0.876. The number of hydrogen-bond donors (Lipinski definition) is 1. The van der Waals surface area contributed by atoms with E-state index in [2.05, 4.69) is 20.3 Å². The number of carbonyl (C=O) groups is 1. The Morgan fingerprint density at radius 2 is 1.97 bits per heavy atom. The molecule has 168 valence electrons. The zero-order valence-electron chi connectivity index (χ0n) is 17.9. The van der Waals surface area contributed by atoms with Crippen LogP contribution in [0.4, 0.5) is 14.6 Å². The van der Waals surface area contributed by atoms with Crippen molar-refractivity contribution in [3.8, 4) is 16.7 Å². The van der Waals surface area contributed by atoms with Crippen molar-refractivity contribution in [3.05, 3.63) is 17.1 Å². The van der Waals surface area contributed by atoms with E-state index in [1.54, 1.807) is 11.0 Å². The third-order valence-corrected chi connectivity index (χ3v) is 6.48. The topological polar surface area (TPSA) is 80.2 Å². The van der Waals surface area contributed by atoms with E-state index in [1.807, 2.05) is 26.2 Å². The van der Waals surface area contributed by atoms with Crippen LogP contribution >= 0.6 is 11.3 Å². The molecular weight excluding hydrogens is 424 g/mol. The molecule has 7 nitrogen and oxygen atoms in total. The Morgan fingerprint density at radius 1 is 1.26 bits per heavy atom. The van der Waals surface area contributed by atoms with Gasteiger partial charge in [-0.2, -0.15) is 4.98 Å². The molecule has 1 saturated carbocycles. The minimum atomic E-state index is -2.58. The van der Waals surface area contributed by atoms with Crippen molar-refractivity contribution >= 4 is 23.1 Å². The van der Waals surface area contributed by atoms with Crippen LogP contribution in [0.2, 0.25) is 0 Å². The zero-order valence-corrected chi connectivity index (χ0v) is 18.7. The van der Waals surface area contributed by atoms with Gasteiger partial charge in [0.25, 0.3) is 0 Å². The molecule has 2 aliphatic rings. The second-order valence-corrected chi connectivity index (χ2v) is 9.48. The first-order chi connectivity index (χ1) is 14.7. The maximum absolute atomic E-state index is 13.5. The third-order valence-electron chi connectivity index (χ3n) is 5.52. The number of ether oxygens (including phenoxy) is 1. The second-order valence-electron chi connectivity index (χ2n) is 8.62. The van der Waals surface area contributed by atoms with E-state index in [0.717, 1.165) is 5.69 Å². The fourth-order valence-electron chi connectivity index (χ4n) is 3.73. The number of thiazole rings is 1. The van der Waals surface area contributed by atoms with Crippen molar-refractivity contribution in [2.45, 2.75) is 64.5 Å². The Bertz CT molecular complexity index is 936. The maximum Gasteiger partial charge on any atom is 0.248 e. The molecule has 2 fully saturated rings. The van der Waals surface area contributed by atoms with Gasteiger partial charge in [-0.1, -0.05) is 13.8 Å². The van der Waals surface area contributed by atoms with Gasteiger partial charge in [-0.3, -0.25) is 4.79 Å². The van der Waals surface area contributed by atoms with Crippen LogP contribution < -0.4 is 10.1 Å². The fraction of sp³-hybridized carbons (Fsp3) is 0.619. The van der Waals surface area contributed by atoms with Crippen LogP contribution in [-0.4, -0.2) is 56.9 Å². The molecule has 3 heterocycles. The number of likely N-dealkylation sites (tertiary alicyclic amines) is 1. The van der Waals surface area contributed by atoms with Crippen LogP contribution in [0.25, 0.3) is 10.8 Å². The van der Waals surface area contributed by atoms with Gasteiger partial charge in [-0.15, -0.1) is 11.3 Å². The molecule has 1 saturated heterocycles. The molecule has 10 heteroatoms. The summed E-state index contributed by atoms with van der Waals surface area (Å²) in [6.45, 7) is 6.70. The molecule has 0 unspecified atom stereocenters. The maximum atomic E-state index is 13.5. The molecule has 2 aromatic rings. The summed E-state index contributed by atoms with van der Waals surface area (Å²) in [5.74, 6) is -1.14. The Kier molecular flexibility index (Phi) is 6.09. The second kappa shape index (κ2) is 8.64. The molecule has 4 rings (SSSR count). The van der Waals surface area contributed by atoms with Gasteiger partial charge in [-0.25, -0.2) is 18.7 Å². The molecule has 1 N–H and O–H groups in total. The lowest BCUT2D eigenvalue weighted by Crippen LogP contribution is -2.57. The number of anilines is 1. The van der Waals surface area contributed by atoms with E-state index in [1.165, 1.54) is 11.3 Å². The SMILES string of the molecule is Cc1csc(-c2nc(NC3CCC(F)(F)CC3)cc(OC3CN(C(=O)C(C)C)C3)n2)n1.